The second-order valence-corrected chi connectivity index (χ2v) is 3.39. The molecule has 0 unspecified atom stereocenters. The maximum atomic E-state index is 10.5. The molecule has 0 aromatic rings. The third-order valence-corrected chi connectivity index (χ3v) is 1.64. The molecule has 1 rings (SSSR count). The average Bonchev–Trinajstić information content (AvgIpc) is 2.64. The van der Waals surface area contributed by atoms with Crippen molar-refractivity contribution in [3.8, 4) is 0 Å². The molecule has 0 atom stereocenters. The van der Waals surface area contributed by atoms with Crippen molar-refractivity contribution in [1.29, 1.82) is 0 Å². The first-order valence-corrected chi connectivity index (χ1v) is 4.96. The number of hydrogen-bond acceptors (Lipinski definition) is 3. The Morgan fingerprint density at radius 1 is 1.38 bits per heavy atom. The number of likely N-dealkylation sites (tertiary alicyclic amines) is 1. The molecule has 0 aliphatic carbocycles. The zero-order valence-electron chi connectivity index (χ0n) is 10.4. The standard InChI is InChI=1S/C5H9NO.C3H7NO.C2H5NO/c1-6-4-2-3-5(6)7;1-4(2)3-5;1-3-2-4/h2-4H2,1H3;3H,1-2H3;2H,1H3,(H,3,4). The van der Waals surface area contributed by atoms with Gasteiger partial charge in [0.2, 0.25) is 18.7 Å². The molecular formula is C10H21N3O3. The van der Waals surface area contributed by atoms with E-state index >= 15 is 0 Å². The average molecular weight is 231 g/mol. The summed E-state index contributed by atoms with van der Waals surface area (Å²) in [6.45, 7) is 0.957. The number of rotatable bonds is 2. The van der Waals surface area contributed by atoms with Gasteiger partial charge in [0, 0.05) is 41.2 Å². The van der Waals surface area contributed by atoms with Crippen molar-refractivity contribution in [3.05, 3.63) is 0 Å². The van der Waals surface area contributed by atoms with Crippen molar-refractivity contribution >= 4 is 18.7 Å². The SMILES string of the molecule is CN(C)C=O.CN1CCCC1=O.CNC=O. The predicted octanol–water partition coefficient (Wildman–Crippen LogP) is -0.695. The van der Waals surface area contributed by atoms with Gasteiger partial charge in [0.25, 0.3) is 0 Å². The maximum Gasteiger partial charge on any atom is 0.222 e. The van der Waals surface area contributed by atoms with E-state index in [1.165, 1.54) is 4.90 Å². The molecule has 3 amide bonds. The number of hydrogen-bond donors (Lipinski definition) is 1. The van der Waals surface area contributed by atoms with Gasteiger partial charge >= 0.3 is 0 Å². The van der Waals surface area contributed by atoms with Crippen LogP contribution in [0.3, 0.4) is 0 Å². The summed E-state index contributed by atoms with van der Waals surface area (Å²) in [6.07, 6.45) is 3.19. The number of carbonyl (C=O) groups excluding carboxylic acids is 3. The maximum absolute atomic E-state index is 10.5. The highest BCUT2D eigenvalue weighted by atomic mass is 16.2. The van der Waals surface area contributed by atoms with Crippen LogP contribution in [0.25, 0.3) is 0 Å². The van der Waals surface area contributed by atoms with Crippen molar-refractivity contribution in [1.82, 2.24) is 15.1 Å². The van der Waals surface area contributed by atoms with Gasteiger partial charge in [-0.05, 0) is 6.42 Å². The number of carbonyl (C=O) groups is 3. The fourth-order valence-electron chi connectivity index (χ4n) is 0.783. The molecule has 1 heterocycles. The third-order valence-electron chi connectivity index (χ3n) is 1.64. The van der Waals surface area contributed by atoms with Crippen LogP contribution in [0.2, 0.25) is 0 Å². The van der Waals surface area contributed by atoms with E-state index in [9.17, 15) is 9.59 Å². The van der Waals surface area contributed by atoms with E-state index in [2.05, 4.69) is 5.32 Å². The Labute approximate surface area is 96.6 Å². The highest BCUT2D eigenvalue weighted by molar-refractivity contribution is 5.77. The lowest BCUT2D eigenvalue weighted by molar-refractivity contribution is -0.126. The van der Waals surface area contributed by atoms with E-state index in [-0.39, 0.29) is 0 Å². The van der Waals surface area contributed by atoms with Crippen LogP contribution in [0.1, 0.15) is 12.8 Å². The summed E-state index contributed by atoms with van der Waals surface area (Å²) in [5, 5.41) is 2.25. The summed E-state index contributed by atoms with van der Waals surface area (Å²) in [4.78, 5) is 32.2. The Balaban J connectivity index is 0. The van der Waals surface area contributed by atoms with Gasteiger partial charge in [-0.2, -0.15) is 0 Å². The summed E-state index contributed by atoms with van der Waals surface area (Å²) in [6, 6.07) is 0. The van der Waals surface area contributed by atoms with Crippen molar-refractivity contribution < 1.29 is 14.4 Å². The van der Waals surface area contributed by atoms with Crippen LogP contribution in [0.15, 0.2) is 0 Å². The van der Waals surface area contributed by atoms with Gasteiger partial charge in [0.1, 0.15) is 0 Å². The van der Waals surface area contributed by atoms with Gasteiger partial charge in [0.15, 0.2) is 0 Å². The zero-order chi connectivity index (χ0) is 13.0. The molecule has 0 saturated carbocycles. The Bertz CT molecular complexity index is 207. The largest absolute Gasteiger partial charge is 0.362 e. The lowest BCUT2D eigenvalue weighted by Gasteiger charge is -2.03. The van der Waals surface area contributed by atoms with Crippen molar-refractivity contribution in [3.63, 3.8) is 0 Å². The Hall–Kier alpha value is -1.59. The minimum atomic E-state index is 0.292. The molecule has 94 valence electrons. The molecule has 1 fully saturated rings. The summed E-state index contributed by atoms with van der Waals surface area (Å²) in [7, 11) is 6.78. The molecule has 1 N–H and O–H groups in total. The van der Waals surface area contributed by atoms with Gasteiger partial charge in [0.05, 0.1) is 0 Å². The molecule has 1 aliphatic heterocycles. The van der Waals surface area contributed by atoms with Crippen LogP contribution in [0, 0.1) is 0 Å². The zero-order valence-corrected chi connectivity index (χ0v) is 10.4. The van der Waals surface area contributed by atoms with E-state index in [0.29, 0.717) is 12.3 Å². The smallest absolute Gasteiger partial charge is 0.222 e. The molecule has 1 saturated heterocycles. The lowest BCUT2D eigenvalue weighted by atomic mass is 10.4. The van der Waals surface area contributed by atoms with Gasteiger partial charge < -0.3 is 15.1 Å². The molecule has 1 aliphatic rings. The van der Waals surface area contributed by atoms with Crippen molar-refractivity contribution in [2.45, 2.75) is 12.8 Å². The Morgan fingerprint density at radius 2 is 1.81 bits per heavy atom. The molecule has 0 spiro atoms. The van der Waals surface area contributed by atoms with Gasteiger partial charge in [-0.15, -0.1) is 0 Å². The van der Waals surface area contributed by atoms with Crippen molar-refractivity contribution in [2.24, 2.45) is 0 Å². The minimum absolute atomic E-state index is 0.292. The molecule has 0 aromatic heterocycles. The number of amides is 3. The number of nitrogens with one attached hydrogen (secondary N) is 1. The predicted molar refractivity (Wildman–Crippen MR) is 61.7 cm³/mol. The second kappa shape index (κ2) is 11.5. The molecule has 0 radical (unpaired) electrons. The van der Waals surface area contributed by atoms with E-state index in [1.807, 2.05) is 7.05 Å². The summed E-state index contributed by atoms with van der Waals surface area (Å²) in [5.74, 6) is 0.292. The van der Waals surface area contributed by atoms with Crippen molar-refractivity contribution in [2.75, 3.05) is 34.7 Å². The fourth-order valence-corrected chi connectivity index (χ4v) is 0.783. The first-order valence-electron chi connectivity index (χ1n) is 4.96. The van der Waals surface area contributed by atoms with Crippen LogP contribution in [-0.4, -0.2) is 63.3 Å². The molecule has 6 nitrogen and oxygen atoms in total. The minimum Gasteiger partial charge on any atom is -0.362 e. The highest BCUT2D eigenvalue weighted by Crippen LogP contribution is 2.04. The van der Waals surface area contributed by atoms with Crippen LogP contribution in [0.5, 0.6) is 0 Å². The van der Waals surface area contributed by atoms with E-state index in [4.69, 9.17) is 4.79 Å². The van der Waals surface area contributed by atoms with E-state index in [1.54, 1.807) is 26.0 Å². The normalized spacial score (nSPS) is 12.8. The molecule has 0 aromatic carbocycles. The molecular weight excluding hydrogens is 210 g/mol. The summed E-state index contributed by atoms with van der Waals surface area (Å²) < 4.78 is 0. The van der Waals surface area contributed by atoms with Gasteiger partial charge in [-0.1, -0.05) is 0 Å². The van der Waals surface area contributed by atoms with Gasteiger partial charge in [-0.25, -0.2) is 0 Å². The second-order valence-electron chi connectivity index (χ2n) is 3.39. The molecule has 0 bridgehead atoms. The summed E-state index contributed by atoms with van der Waals surface area (Å²) in [5.41, 5.74) is 0. The quantitative estimate of drug-likeness (QED) is 0.639. The molecule has 16 heavy (non-hydrogen) atoms. The first-order chi connectivity index (χ1) is 7.49. The first kappa shape index (κ1) is 16.8. The highest BCUT2D eigenvalue weighted by Gasteiger charge is 2.14. The van der Waals surface area contributed by atoms with Crippen LogP contribution >= 0.6 is 0 Å². The Kier molecular flexibility index (Phi) is 12.1. The Morgan fingerprint density at radius 3 is 1.88 bits per heavy atom. The number of nitrogens with zero attached hydrogens (tertiary/aromatic N) is 2. The third kappa shape index (κ3) is 12.4. The van der Waals surface area contributed by atoms with E-state index < -0.39 is 0 Å². The molecule has 6 heteroatoms. The van der Waals surface area contributed by atoms with Gasteiger partial charge in [-0.3, -0.25) is 14.4 Å². The lowest BCUT2D eigenvalue weighted by Crippen LogP contribution is -2.17. The van der Waals surface area contributed by atoms with Crippen LogP contribution in [-0.2, 0) is 14.4 Å². The van der Waals surface area contributed by atoms with Crippen LogP contribution < -0.4 is 5.32 Å². The van der Waals surface area contributed by atoms with E-state index in [0.717, 1.165) is 25.8 Å². The fraction of sp³-hybridized carbons (Fsp3) is 0.700. The summed E-state index contributed by atoms with van der Waals surface area (Å²) >= 11 is 0. The topological polar surface area (TPSA) is 69.7 Å². The monoisotopic (exact) mass is 231 g/mol. The van der Waals surface area contributed by atoms with Crippen LogP contribution in [0.4, 0.5) is 0 Å².